The number of carboxylic acids is 1. The topological polar surface area (TPSA) is 78.4 Å². The maximum absolute atomic E-state index is 12.3. The number of carbonyl (C=O) groups excluding carboxylic acids is 1. The van der Waals surface area contributed by atoms with E-state index in [1.165, 1.54) is 0 Å². The van der Waals surface area contributed by atoms with Crippen molar-refractivity contribution in [2.45, 2.75) is 70.8 Å². The molecule has 1 heterocycles. The molecule has 0 aliphatic carbocycles. The molecule has 0 aromatic rings. The molecule has 0 bridgehead atoms. The normalized spacial score (nSPS) is 23.5. The third-order valence-corrected chi connectivity index (χ3v) is 4.42. The molecule has 1 aliphatic heterocycles. The summed E-state index contributed by atoms with van der Waals surface area (Å²) >= 11 is 0. The summed E-state index contributed by atoms with van der Waals surface area (Å²) in [7, 11) is 0. The molecular weight excluding hydrogens is 268 g/mol. The van der Waals surface area contributed by atoms with Gasteiger partial charge >= 0.3 is 5.97 Å². The monoisotopic (exact) mass is 298 g/mol. The predicted octanol–water partition coefficient (Wildman–Crippen LogP) is 2.31. The number of hydrogen-bond acceptors (Lipinski definition) is 3. The quantitative estimate of drug-likeness (QED) is 0.610. The van der Waals surface area contributed by atoms with E-state index in [0.29, 0.717) is 18.9 Å². The Morgan fingerprint density at radius 1 is 1.29 bits per heavy atom. The minimum absolute atomic E-state index is 0.0793. The van der Waals surface area contributed by atoms with E-state index in [-0.39, 0.29) is 12.3 Å². The Morgan fingerprint density at radius 3 is 2.62 bits per heavy atom. The van der Waals surface area contributed by atoms with E-state index in [9.17, 15) is 9.59 Å². The molecule has 0 aromatic carbocycles. The first-order valence-corrected chi connectivity index (χ1v) is 8.23. The fraction of sp³-hybridized carbons (Fsp3) is 0.875. The fourth-order valence-corrected chi connectivity index (χ4v) is 3.00. The lowest BCUT2D eigenvalue weighted by Gasteiger charge is -2.33. The summed E-state index contributed by atoms with van der Waals surface area (Å²) in [6.45, 7) is 5.62. The van der Waals surface area contributed by atoms with Gasteiger partial charge in [-0.2, -0.15) is 0 Å². The van der Waals surface area contributed by atoms with Gasteiger partial charge in [0, 0.05) is 13.0 Å². The van der Waals surface area contributed by atoms with Crippen molar-refractivity contribution in [3.8, 4) is 0 Å². The van der Waals surface area contributed by atoms with E-state index < -0.39 is 11.5 Å². The Hall–Kier alpha value is -1.10. The lowest BCUT2D eigenvalue weighted by Crippen LogP contribution is -2.57. The minimum atomic E-state index is -0.737. The number of nitrogens with one attached hydrogen (secondary N) is 2. The van der Waals surface area contributed by atoms with Crippen LogP contribution in [0, 0.1) is 5.92 Å². The fourth-order valence-electron chi connectivity index (χ4n) is 3.00. The third kappa shape index (κ3) is 6.46. The van der Waals surface area contributed by atoms with E-state index >= 15 is 0 Å². The second kappa shape index (κ2) is 9.03. The van der Waals surface area contributed by atoms with Crippen molar-refractivity contribution in [2.24, 2.45) is 5.92 Å². The average molecular weight is 298 g/mol. The van der Waals surface area contributed by atoms with Crippen molar-refractivity contribution in [3.63, 3.8) is 0 Å². The molecule has 1 amide bonds. The summed E-state index contributed by atoms with van der Waals surface area (Å²) in [6, 6.07) is 0. The Labute approximate surface area is 127 Å². The molecule has 122 valence electrons. The van der Waals surface area contributed by atoms with E-state index in [2.05, 4.69) is 17.6 Å². The van der Waals surface area contributed by atoms with E-state index in [1.807, 2.05) is 6.92 Å². The summed E-state index contributed by atoms with van der Waals surface area (Å²) in [5.74, 6) is -0.270. The number of aliphatic carboxylic acids is 1. The van der Waals surface area contributed by atoms with Crippen molar-refractivity contribution in [1.82, 2.24) is 10.6 Å². The van der Waals surface area contributed by atoms with Gasteiger partial charge in [-0.3, -0.25) is 9.59 Å². The lowest BCUT2D eigenvalue weighted by atomic mass is 9.89. The van der Waals surface area contributed by atoms with Crippen LogP contribution in [0.25, 0.3) is 0 Å². The van der Waals surface area contributed by atoms with Gasteiger partial charge in [-0.05, 0) is 51.5 Å². The molecule has 1 rings (SSSR count). The zero-order chi connectivity index (χ0) is 15.7. The average Bonchev–Trinajstić information content (AvgIpc) is 2.45. The highest BCUT2D eigenvalue weighted by Gasteiger charge is 2.33. The van der Waals surface area contributed by atoms with Gasteiger partial charge < -0.3 is 15.7 Å². The molecule has 0 spiro atoms. The maximum atomic E-state index is 12.3. The van der Waals surface area contributed by atoms with Crippen LogP contribution in [0.5, 0.6) is 0 Å². The molecular formula is C16H30N2O3. The molecule has 0 aromatic heterocycles. The van der Waals surface area contributed by atoms with Gasteiger partial charge in [0.05, 0.1) is 5.54 Å². The summed E-state index contributed by atoms with van der Waals surface area (Å²) in [6.07, 6.45) is 6.98. The number of carbonyl (C=O) groups is 2. The van der Waals surface area contributed by atoms with Crippen LogP contribution < -0.4 is 10.6 Å². The van der Waals surface area contributed by atoms with Crippen molar-refractivity contribution >= 4 is 11.9 Å². The van der Waals surface area contributed by atoms with Gasteiger partial charge in [0.15, 0.2) is 0 Å². The van der Waals surface area contributed by atoms with Crippen LogP contribution in [-0.2, 0) is 9.59 Å². The summed E-state index contributed by atoms with van der Waals surface area (Å²) in [4.78, 5) is 22.9. The summed E-state index contributed by atoms with van der Waals surface area (Å²) in [5.41, 5.74) is -0.431. The Balaban J connectivity index is 2.31. The summed E-state index contributed by atoms with van der Waals surface area (Å²) in [5, 5.41) is 15.1. The molecule has 5 nitrogen and oxygen atoms in total. The van der Waals surface area contributed by atoms with Gasteiger partial charge in [0.2, 0.25) is 5.91 Å². The van der Waals surface area contributed by atoms with Crippen LogP contribution in [0.3, 0.4) is 0 Å². The van der Waals surface area contributed by atoms with Crippen molar-refractivity contribution in [3.05, 3.63) is 0 Å². The molecule has 1 saturated heterocycles. The van der Waals surface area contributed by atoms with E-state index in [4.69, 9.17) is 5.11 Å². The van der Waals surface area contributed by atoms with Crippen LogP contribution in [0.2, 0.25) is 0 Å². The molecule has 2 atom stereocenters. The second-order valence-corrected chi connectivity index (χ2v) is 6.35. The van der Waals surface area contributed by atoms with Gasteiger partial charge in [-0.15, -0.1) is 0 Å². The van der Waals surface area contributed by atoms with Crippen LogP contribution >= 0.6 is 0 Å². The highest BCUT2D eigenvalue weighted by molar-refractivity contribution is 5.85. The van der Waals surface area contributed by atoms with Crippen molar-refractivity contribution in [2.75, 3.05) is 13.1 Å². The Bertz CT molecular complexity index is 338. The Morgan fingerprint density at radius 2 is 2.05 bits per heavy atom. The van der Waals surface area contributed by atoms with Crippen molar-refractivity contribution < 1.29 is 14.7 Å². The van der Waals surface area contributed by atoms with Crippen LogP contribution in [0.15, 0.2) is 0 Å². The van der Waals surface area contributed by atoms with Crippen LogP contribution in [-0.4, -0.2) is 35.6 Å². The van der Waals surface area contributed by atoms with Gasteiger partial charge in [-0.25, -0.2) is 0 Å². The molecule has 0 radical (unpaired) electrons. The van der Waals surface area contributed by atoms with E-state index in [0.717, 1.165) is 45.1 Å². The number of amides is 1. The standard InChI is InChI=1S/C16H30N2O3/c1-3-6-13(7-8-14(19)20)9-12-17-15(21)16(2)10-4-5-11-18-16/h13,18H,3-12H2,1-2H3,(H,17,21)(H,19,20). The zero-order valence-electron chi connectivity index (χ0n) is 13.4. The molecule has 1 fully saturated rings. The number of hydrogen-bond donors (Lipinski definition) is 3. The highest BCUT2D eigenvalue weighted by Crippen LogP contribution is 2.20. The number of rotatable bonds is 9. The van der Waals surface area contributed by atoms with Gasteiger partial charge in [0.25, 0.3) is 0 Å². The first-order valence-electron chi connectivity index (χ1n) is 8.23. The van der Waals surface area contributed by atoms with Crippen LogP contribution in [0.1, 0.15) is 65.2 Å². The summed E-state index contributed by atoms with van der Waals surface area (Å²) < 4.78 is 0. The zero-order valence-corrected chi connectivity index (χ0v) is 13.4. The highest BCUT2D eigenvalue weighted by atomic mass is 16.4. The first-order chi connectivity index (χ1) is 9.98. The molecule has 1 aliphatic rings. The van der Waals surface area contributed by atoms with Gasteiger partial charge in [-0.1, -0.05) is 19.8 Å². The third-order valence-electron chi connectivity index (χ3n) is 4.42. The molecule has 21 heavy (non-hydrogen) atoms. The van der Waals surface area contributed by atoms with Gasteiger partial charge in [0.1, 0.15) is 0 Å². The molecule has 0 saturated carbocycles. The van der Waals surface area contributed by atoms with Crippen molar-refractivity contribution in [1.29, 1.82) is 0 Å². The molecule has 3 N–H and O–H groups in total. The molecule has 2 unspecified atom stereocenters. The number of carboxylic acid groups (broad SMARTS) is 1. The van der Waals surface area contributed by atoms with Crippen LogP contribution in [0.4, 0.5) is 0 Å². The Kier molecular flexibility index (Phi) is 7.72. The second-order valence-electron chi connectivity index (χ2n) is 6.35. The molecule has 5 heteroatoms. The predicted molar refractivity (Wildman–Crippen MR) is 83.2 cm³/mol. The SMILES string of the molecule is CCCC(CCNC(=O)C1(C)CCCCN1)CCC(=O)O. The van der Waals surface area contributed by atoms with E-state index in [1.54, 1.807) is 0 Å². The number of piperidine rings is 1. The maximum Gasteiger partial charge on any atom is 0.303 e. The largest absolute Gasteiger partial charge is 0.481 e. The smallest absolute Gasteiger partial charge is 0.303 e. The first kappa shape index (κ1) is 18.0. The minimum Gasteiger partial charge on any atom is -0.481 e. The lowest BCUT2D eigenvalue weighted by molar-refractivity contribution is -0.137.